The number of sulfonamides is 4. The fraction of sp³-hybridized carbons (Fsp3) is 0.250. The van der Waals surface area contributed by atoms with E-state index in [0.29, 0.717) is 22.0 Å². The summed E-state index contributed by atoms with van der Waals surface area (Å²) in [6, 6.07) is 38.2. The number of nitrogens with one attached hydrogen (secondary N) is 6. The van der Waals surface area contributed by atoms with Gasteiger partial charge < -0.3 is 20.4 Å². The maximum absolute atomic E-state index is 13.5. The second-order valence-electron chi connectivity index (χ2n) is 17.7. The highest BCUT2D eigenvalue weighted by Crippen LogP contribution is 2.35. The van der Waals surface area contributed by atoms with Gasteiger partial charge in [0.15, 0.2) is 0 Å². The van der Waals surface area contributed by atoms with Gasteiger partial charge >= 0.3 is 0 Å². The van der Waals surface area contributed by atoms with Crippen molar-refractivity contribution >= 4 is 97.5 Å². The number of aryl methyl sites for hydroxylation is 3. The third kappa shape index (κ3) is 13.4. The molecule has 7 aromatic rings. The van der Waals surface area contributed by atoms with Crippen LogP contribution in [0, 0.1) is 20.8 Å². The molecule has 2 fully saturated rings. The lowest BCUT2D eigenvalue weighted by molar-refractivity contribution is 0.598. The SMILES string of the molecule is Cc1cc(C)c(S(=O)(=O)Nc2ccc(N3CCCNCC3)cc2NS(=O)(=O)c2ccccc2)c(C)c1.Cl.O=S(=O)(Nc1cc(N2CCCNCC2)ccc1NS(=O)(=O)c1cccc2cccnc12)c1ccccc1. The van der Waals surface area contributed by atoms with Gasteiger partial charge in [-0.15, -0.1) is 12.4 Å². The number of nitrogens with zero attached hydrogens (tertiary/aromatic N) is 3. The second-order valence-corrected chi connectivity index (χ2v) is 24.4. The van der Waals surface area contributed by atoms with Crippen LogP contribution in [0.15, 0.2) is 165 Å². The Morgan fingerprint density at radius 2 is 0.919 bits per heavy atom. The monoisotopic (exact) mass is 1100 g/mol. The van der Waals surface area contributed by atoms with Crippen molar-refractivity contribution in [2.24, 2.45) is 0 Å². The lowest BCUT2D eigenvalue weighted by Crippen LogP contribution is -2.28. The molecule has 6 N–H and O–H groups in total. The molecule has 2 aliphatic heterocycles. The normalized spacial score (nSPS) is 14.6. The van der Waals surface area contributed by atoms with Crippen LogP contribution in [0.4, 0.5) is 34.1 Å². The molecule has 74 heavy (non-hydrogen) atoms. The van der Waals surface area contributed by atoms with E-state index in [4.69, 9.17) is 0 Å². The third-order valence-corrected chi connectivity index (χ3v) is 18.1. The van der Waals surface area contributed by atoms with E-state index in [-0.39, 0.29) is 54.7 Å². The molecule has 2 saturated heterocycles. The molecule has 0 atom stereocenters. The highest BCUT2D eigenvalue weighted by molar-refractivity contribution is 7.94. The molecule has 1 aromatic heterocycles. The number of halogens is 1. The maximum atomic E-state index is 13.5. The first-order chi connectivity index (χ1) is 34.9. The molecule has 2 aliphatic rings. The number of aromatic nitrogens is 1. The Kier molecular flexibility index (Phi) is 17.8. The maximum Gasteiger partial charge on any atom is 0.264 e. The Morgan fingerprint density at radius 1 is 0.459 bits per heavy atom. The molecule has 0 spiro atoms. The van der Waals surface area contributed by atoms with Gasteiger partial charge in [0.25, 0.3) is 40.1 Å². The lowest BCUT2D eigenvalue weighted by Gasteiger charge is -2.24. The summed E-state index contributed by atoms with van der Waals surface area (Å²) in [5, 5.41) is 7.38. The molecule has 0 unspecified atom stereocenters. The van der Waals surface area contributed by atoms with Crippen molar-refractivity contribution in [2.45, 2.75) is 53.2 Å². The Bertz CT molecular complexity index is 3520. The summed E-state index contributed by atoms with van der Waals surface area (Å²) in [4.78, 5) is 8.92. The van der Waals surface area contributed by atoms with E-state index in [1.807, 2.05) is 25.1 Å². The van der Waals surface area contributed by atoms with Crippen LogP contribution in [0.3, 0.4) is 0 Å². The van der Waals surface area contributed by atoms with Crippen molar-refractivity contribution in [3.05, 3.63) is 162 Å². The summed E-state index contributed by atoms with van der Waals surface area (Å²) in [7, 11) is -16.0. The summed E-state index contributed by atoms with van der Waals surface area (Å²) < 4.78 is 117. The number of benzene rings is 6. The van der Waals surface area contributed by atoms with Crippen LogP contribution in [-0.4, -0.2) is 91.0 Å². The number of hydrogen-bond donors (Lipinski definition) is 6. The van der Waals surface area contributed by atoms with Crippen molar-refractivity contribution in [3.63, 3.8) is 0 Å². The third-order valence-electron chi connectivity index (χ3n) is 12.3. The molecule has 392 valence electrons. The Morgan fingerprint density at radius 3 is 1.42 bits per heavy atom. The summed E-state index contributed by atoms with van der Waals surface area (Å²) in [6.45, 7) is 12.0. The van der Waals surface area contributed by atoms with Crippen LogP contribution in [0.1, 0.15) is 29.5 Å². The van der Waals surface area contributed by atoms with E-state index in [1.165, 1.54) is 36.5 Å². The van der Waals surface area contributed by atoms with Crippen molar-refractivity contribution < 1.29 is 33.7 Å². The van der Waals surface area contributed by atoms with Crippen LogP contribution >= 0.6 is 12.4 Å². The minimum atomic E-state index is -4.10. The van der Waals surface area contributed by atoms with E-state index in [0.717, 1.165) is 82.1 Å². The zero-order chi connectivity index (χ0) is 51.8. The van der Waals surface area contributed by atoms with Crippen molar-refractivity contribution in [1.82, 2.24) is 15.6 Å². The largest absolute Gasteiger partial charge is 0.370 e. The summed E-state index contributed by atoms with van der Waals surface area (Å²) in [6.07, 6.45) is 3.42. The second kappa shape index (κ2) is 23.8. The first kappa shape index (κ1) is 55.3. The molecule has 17 nitrogen and oxygen atoms in total. The van der Waals surface area contributed by atoms with Gasteiger partial charge in [-0.3, -0.25) is 23.9 Å². The Labute approximate surface area is 440 Å². The van der Waals surface area contributed by atoms with Crippen molar-refractivity contribution in [1.29, 1.82) is 0 Å². The zero-order valence-electron chi connectivity index (χ0n) is 41.1. The molecule has 0 amide bonds. The molecule has 22 heteroatoms. The number of hydrogen-bond acceptors (Lipinski definition) is 13. The van der Waals surface area contributed by atoms with E-state index in [2.05, 4.69) is 44.3 Å². The summed E-state index contributed by atoms with van der Waals surface area (Å²) in [5.74, 6) is 0. The molecule has 3 heterocycles. The molecule has 0 aliphatic carbocycles. The van der Waals surface area contributed by atoms with Gasteiger partial charge in [0.1, 0.15) is 4.90 Å². The summed E-state index contributed by atoms with van der Waals surface area (Å²) >= 11 is 0. The van der Waals surface area contributed by atoms with Crippen LogP contribution in [0.5, 0.6) is 0 Å². The first-order valence-corrected chi connectivity index (χ1v) is 29.7. The molecule has 0 radical (unpaired) electrons. The molecule has 0 saturated carbocycles. The van der Waals surface area contributed by atoms with Gasteiger partial charge in [0.05, 0.1) is 43.0 Å². The van der Waals surface area contributed by atoms with E-state index < -0.39 is 40.1 Å². The Hall–Kier alpha value is -6.46. The van der Waals surface area contributed by atoms with Crippen LogP contribution in [0.25, 0.3) is 10.9 Å². The van der Waals surface area contributed by atoms with Crippen LogP contribution in [-0.2, 0) is 40.1 Å². The predicted octanol–water partition coefficient (Wildman–Crippen LogP) is 8.07. The van der Waals surface area contributed by atoms with Crippen molar-refractivity contribution in [2.75, 3.05) is 81.0 Å². The molecule has 9 rings (SSSR count). The number of rotatable bonds is 14. The lowest BCUT2D eigenvalue weighted by atomic mass is 10.1. The zero-order valence-corrected chi connectivity index (χ0v) is 45.2. The molecular weight excluding hydrogens is 1040 g/mol. The van der Waals surface area contributed by atoms with Gasteiger partial charge in [0.2, 0.25) is 0 Å². The first-order valence-electron chi connectivity index (χ1n) is 23.7. The topological polar surface area (TPSA) is 228 Å². The average molecular weight is 1100 g/mol. The van der Waals surface area contributed by atoms with E-state index in [1.54, 1.807) is 105 Å². The fourth-order valence-corrected chi connectivity index (χ4v) is 13.9. The minimum absolute atomic E-state index is 0. The minimum Gasteiger partial charge on any atom is -0.370 e. The molecule has 0 bridgehead atoms. The van der Waals surface area contributed by atoms with Gasteiger partial charge in [-0.1, -0.05) is 72.3 Å². The van der Waals surface area contributed by atoms with Gasteiger partial charge in [0, 0.05) is 62.2 Å². The number of para-hydroxylation sites is 1. The molecule has 6 aromatic carbocycles. The van der Waals surface area contributed by atoms with Crippen LogP contribution in [0.2, 0.25) is 0 Å². The quantitative estimate of drug-likeness (QED) is 0.0606. The van der Waals surface area contributed by atoms with E-state index >= 15 is 0 Å². The fourth-order valence-electron chi connectivity index (χ4n) is 8.90. The highest BCUT2D eigenvalue weighted by atomic mass is 35.5. The van der Waals surface area contributed by atoms with E-state index in [9.17, 15) is 33.7 Å². The molecular formula is C52H60ClN9O8S4. The predicted molar refractivity (Wildman–Crippen MR) is 298 cm³/mol. The van der Waals surface area contributed by atoms with Gasteiger partial charge in [-0.05, 0) is 131 Å². The van der Waals surface area contributed by atoms with Crippen molar-refractivity contribution in [3.8, 4) is 0 Å². The average Bonchev–Trinajstić information content (AvgIpc) is 3.82. The van der Waals surface area contributed by atoms with Crippen LogP contribution < -0.4 is 39.3 Å². The van der Waals surface area contributed by atoms with Gasteiger partial charge in [-0.25, -0.2) is 33.7 Å². The summed E-state index contributed by atoms with van der Waals surface area (Å²) in [5.41, 5.74) is 4.73. The number of fused-ring (bicyclic) bond motifs is 1. The smallest absolute Gasteiger partial charge is 0.264 e. The standard InChI is InChI=1S/C26H27N5O4S2.C26H32N4O4S2.ClH/c32-36(33,22-9-2-1-3-10-22)30-24-19-21(31-17-6-14-27-16-18-31)12-13-23(24)29-37(34,35)25-11-4-7-20-8-5-15-28-26(20)25;1-19-16-20(2)26(21(3)17-19)36(33,34)28-24-11-10-22(30-14-7-12-27-13-15-30)18-25(24)29-35(31,32)23-8-5-4-6-9-23;/h1-5,7-13,15,19,27,29-30H,6,14,16-18H2;4-6,8-11,16-18,27-29H,7,12-15H2,1-3H3;1H. The Balaban J connectivity index is 0.000000213. The van der Waals surface area contributed by atoms with Gasteiger partial charge in [-0.2, -0.15) is 0 Å². The highest BCUT2D eigenvalue weighted by Gasteiger charge is 2.26. The number of anilines is 6. The number of pyridine rings is 1.